The molecule has 2 aromatic carbocycles. The molecule has 0 radical (unpaired) electrons. The molecule has 0 unspecified atom stereocenters. The van der Waals surface area contributed by atoms with Gasteiger partial charge in [0.1, 0.15) is 12.4 Å². The van der Waals surface area contributed by atoms with Crippen LogP contribution in [0.25, 0.3) is 17.1 Å². The molecule has 0 saturated carbocycles. The van der Waals surface area contributed by atoms with Gasteiger partial charge in [0.15, 0.2) is 5.65 Å². The van der Waals surface area contributed by atoms with Crippen LogP contribution in [0.2, 0.25) is 0 Å². The first kappa shape index (κ1) is 31.3. The monoisotopic (exact) mass is 613 g/mol. The SMILES string of the molecule is COc1ccc(COC(=O)/C(=C/C=C/c2cccnc2)SC)cc1.Cc1cn(S(=O)(=O)c2ccccc2)c2ncccc12. The highest BCUT2D eigenvalue weighted by Gasteiger charge is 2.20. The summed E-state index contributed by atoms with van der Waals surface area (Å²) in [6.07, 6.45) is 14.0. The van der Waals surface area contributed by atoms with Gasteiger partial charge >= 0.3 is 5.97 Å². The first-order valence-corrected chi connectivity index (χ1v) is 15.9. The number of aryl methyl sites for hydroxylation is 1. The average molecular weight is 614 g/mol. The smallest absolute Gasteiger partial charge is 0.344 e. The highest BCUT2D eigenvalue weighted by atomic mass is 32.2. The number of ether oxygens (including phenoxy) is 2. The van der Waals surface area contributed by atoms with Crippen LogP contribution in [0.3, 0.4) is 0 Å². The Morgan fingerprint density at radius 3 is 2.40 bits per heavy atom. The van der Waals surface area contributed by atoms with Gasteiger partial charge in [-0.2, -0.15) is 0 Å². The number of benzene rings is 2. The van der Waals surface area contributed by atoms with Crippen LogP contribution in [0.1, 0.15) is 16.7 Å². The van der Waals surface area contributed by atoms with Gasteiger partial charge in [-0.3, -0.25) is 4.98 Å². The first-order chi connectivity index (χ1) is 20.8. The van der Waals surface area contributed by atoms with Crippen molar-refractivity contribution >= 4 is 44.9 Å². The Morgan fingerprint density at radius 1 is 0.977 bits per heavy atom. The van der Waals surface area contributed by atoms with E-state index < -0.39 is 10.0 Å². The van der Waals surface area contributed by atoms with E-state index in [1.165, 1.54) is 15.7 Å². The maximum atomic E-state index is 12.6. The molecule has 0 aliphatic carbocycles. The number of hydrogen-bond donors (Lipinski definition) is 0. The molecule has 0 atom stereocenters. The van der Waals surface area contributed by atoms with E-state index in [4.69, 9.17) is 9.47 Å². The Kier molecular flexibility index (Phi) is 10.9. The molecule has 43 heavy (non-hydrogen) atoms. The minimum absolute atomic E-state index is 0.229. The summed E-state index contributed by atoms with van der Waals surface area (Å²) in [6.45, 7) is 2.11. The van der Waals surface area contributed by atoms with Crippen molar-refractivity contribution < 1.29 is 22.7 Å². The molecule has 0 aliphatic rings. The Hall–Kier alpha value is -4.67. The number of aromatic nitrogens is 3. The number of allylic oxidation sites excluding steroid dienone is 2. The van der Waals surface area contributed by atoms with Gasteiger partial charge in [0.2, 0.25) is 0 Å². The van der Waals surface area contributed by atoms with E-state index in [0.717, 1.165) is 27.8 Å². The largest absolute Gasteiger partial charge is 0.497 e. The lowest BCUT2D eigenvalue weighted by Gasteiger charge is -2.07. The Labute approximate surface area is 255 Å². The van der Waals surface area contributed by atoms with Gasteiger partial charge in [0.05, 0.1) is 16.9 Å². The molecule has 0 amide bonds. The molecule has 0 spiro atoms. The van der Waals surface area contributed by atoms with Crippen molar-refractivity contribution in [3.05, 3.63) is 137 Å². The maximum absolute atomic E-state index is 12.6. The normalized spacial score (nSPS) is 11.7. The van der Waals surface area contributed by atoms with Gasteiger partial charge < -0.3 is 9.47 Å². The Balaban J connectivity index is 0.000000202. The fourth-order valence-corrected chi connectivity index (χ4v) is 5.80. The van der Waals surface area contributed by atoms with Crippen molar-refractivity contribution in [2.45, 2.75) is 18.4 Å². The summed E-state index contributed by atoms with van der Waals surface area (Å²) in [7, 11) is -1.98. The summed E-state index contributed by atoms with van der Waals surface area (Å²) < 4.78 is 36.9. The van der Waals surface area contributed by atoms with Gasteiger partial charge in [-0.25, -0.2) is 22.2 Å². The third-order valence-corrected chi connectivity index (χ3v) is 8.61. The molecular formula is C33H31N3O5S2. The lowest BCUT2D eigenvalue weighted by Crippen LogP contribution is -2.12. The molecule has 0 fully saturated rings. The summed E-state index contributed by atoms with van der Waals surface area (Å²) in [5, 5.41) is 0.849. The van der Waals surface area contributed by atoms with Crippen molar-refractivity contribution in [3.63, 3.8) is 0 Å². The van der Waals surface area contributed by atoms with E-state index in [-0.39, 0.29) is 17.5 Å². The number of rotatable bonds is 9. The molecule has 3 aromatic heterocycles. The highest BCUT2D eigenvalue weighted by Crippen LogP contribution is 2.23. The lowest BCUT2D eigenvalue weighted by atomic mass is 10.2. The number of fused-ring (bicyclic) bond motifs is 1. The molecule has 220 valence electrons. The molecular weight excluding hydrogens is 583 g/mol. The third kappa shape index (κ3) is 8.21. The van der Waals surface area contributed by atoms with Gasteiger partial charge in [0, 0.05) is 30.2 Å². The van der Waals surface area contributed by atoms with Crippen molar-refractivity contribution in [2.75, 3.05) is 13.4 Å². The first-order valence-electron chi connectivity index (χ1n) is 13.2. The van der Waals surface area contributed by atoms with E-state index in [1.807, 2.05) is 67.8 Å². The Morgan fingerprint density at radius 2 is 1.72 bits per heavy atom. The summed E-state index contributed by atoms with van der Waals surface area (Å²) in [5.41, 5.74) is 3.24. The lowest BCUT2D eigenvalue weighted by molar-refractivity contribution is -0.139. The van der Waals surface area contributed by atoms with Gasteiger partial charge in [-0.1, -0.05) is 48.6 Å². The predicted molar refractivity (Wildman–Crippen MR) is 171 cm³/mol. The number of carbonyl (C=O) groups excluding carboxylic acids is 1. The molecule has 0 N–H and O–H groups in total. The summed E-state index contributed by atoms with van der Waals surface area (Å²) >= 11 is 1.35. The molecule has 8 nitrogen and oxygen atoms in total. The molecule has 0 aliphatic heterocycles. The van der Waals surface area contributed by atoms with Crippen LogP contribution in [0.4, 0.5) is 0 Å². The van der Waals surface area contributed by atoms with Gasteiger partial charge in [0.25, 0.3) is 10.0 Å². The van der Waals surface area contributed by atoms with E-state index in [2.05, 4.69) is 9.97 Å². The Bertz CT molecular complexity index is 1820. The van der Waals surface area contributed by atoms with Crippen LogP contribution in [0, 0.1) is 6.92 Å². The molecule has 3 heterocycles. The number of thioether (sulfide) groups is 1. The van der Waals surface area contributed by atoms with Crippen LogP contribution in [-0.4, -0.2) is 41.7 Å². The van der Waals surface area contributed by atoms with Crippen molar-refractivity contribution in [3.8, 4) is 5.75 Å². The maximum Gasteiger partial charge on any atom is 0.344 e. The molecule has 0 bridgehead atoms. The number of pyridine rings is 2. The summed E-state index contributed by atoms with van der Waals surface area (Å²) in [6, 6.07) is 23.3. The molecule has 5 aromatic rings. The topological polar surface area (TPSA) is 100 Å². The van der Waals surface area contributed by atoms with Crippen molar-refractivity contribution in [1.29, 1.82) is 0 Å². The molecule has 5 rings (SSSR count). The average Bonchev–Trinajstić information content (AvgIpc) is 3.40. The predicted octanol–water partition coefficient (Wildman–Crippen LogP) is 6.68. The zero-order valence-electron chi connectivity index (χ0n) is 24.0. The second kappa shape index (κ2) is 15.0. The summed E-state index contributed by atoms with van der Waals surface area (Å²) in [5.74, 6) is 0.435. The van der Waals surface area contributed by atoms with Crippen LogP contribution in [0.15, 0.2) is 126 Å². The van der Waals surface area contributed by atoms with Gasteiger partial charge in [-0.15, -0.1) is 11.8 Å². The van der Waals surface area contributed by atoms with Crippen molar-refractivity contribution in [1.82, 2.24) is 13.9 Å². The van der Waals surface area contributed by atoms with Crippen LogP contribution in [-0.2, 0) is 26.2 Å². The van der Waals surface area contributed by atoms with E-state index >= 15 is 0 Å². The van der Waals surface area contributed by atoms with E-state index in [0.29, 0.717) is 10.6 Å². The third-order valence-electron chi connectivity index (χ3n) is 6.20. The zero-order valence-corrected chi connectivity index (χ0v) is 25.6. The molecule has 0 saturated heterocycles. The number of nitrogens with zero attached hydrogens (tertiary/aromatic N) is 3. The summed E-state index contributed by atoms with van der Waals surface area (Å²) in [4.78, 5) is 21.2. The fourth-order valence-electron chi connectivity index (χ4n) is 3.96. The van der Waals surface area contributed by atoms with Gasteiger partial charge in [-0.05, 0) is 78.4 Å². The second-order valence-electron chi connectivity index (χ2n) is 9.11. The fraction of sp³-hybridized carbons (Fsp3) is 0.121. The number of methoxy groups -OCH3 is 1. The number of esters is 1. The van der Waals surface area contributed by atoms with Crippen LogP contribution in [0.5, 0.6) is 5.75 Å². The van der Waals surface area contributed by atoms with E-state index in [1.54, 1.807) is 74.4 Å². The zero-order chi connectivity index (χ0) is 30.7. The van der Waals surface area contributed by atoms with Crippen LogP contribution >= 0.6 is 11.8 Å². The van der Waals surface area contributed by atoms with Crippen LogP contribution < -0.4 is 4.74 Å². The minimum atomic E-state index is -3.59. The number of hydrogen-bond acceptors (Lipinski definition) is 8. The second-order valence-corrected chi connectivity index (χ2v) is 11.8. The number of carbonyl (C=O) groups is 1. The molecule has 10 heteroatoms. The standard InChI is InChI=1S/C19H19NO3S.C14H12N2O2S/c1-22-17-10-8-16(9-11-17)14-23-19(21)18(24-2)7-3-5-15-6-4-12-20-13-15;1-11-10-16(14-13(11)8-5-9-15-14)19(17,18)12-6-3-2-4-7-12/h3-13H,14H2,1-2H3;2-10H,1H3/b5-3+,18-7-;. The van der Waals surface area contributed by atoms with Crippen molar-refractivity contribution in [2.24, 2.45) is 0 Å². The van der Waals surface area contributed by atoms with E-state index in [9.17, 15) is 13.2 Å². The highest BCUT2D eigenvalue weighted by molar-refractivity contribution is 8.03. The quantitative estimate of drug-likeness (QED) is 0.103. The minimum Gasteiger partial charge on any atom is -0.497 e.